The molecule has 1 aliphatic heterocycles. The third-order valence-corrected chi connectivity index (χ3v) is 3.73. The van der Waals surface area contributed by atoms with Crippen LogP contribution in [0.1, 0.15) is 27.2 Å². The molecule has 0 aromatic carbocycles. The van der Waals surface area contributed by atoms with E-state index in [4.69, 9.17) is 0 Å². The first-order valence-corrected chi connectivity index (χ1v) is 7.41. The fourth-order valence-corrected chi connectivity index (χ4v) is 2.17. The average molecular weight is 256 g/mol. The maximum atomic E-state index is 2.63. The smallest absolute Gasteiger partial charge is 0.0909 e. The summed E-state index contributed by atoms with van der Waals surface area (Å²) >= 11 is 0. The van der Waals surface area contributed by atoms with Crippen molar-refractivity contribution in [3.05, 3.63) is 0 Å². The lowest BCUT2D eigenvalue weighted by atomic mass is 9.92. The van der Waals surface area contributed by atoms with E-state index in [0.29, 0.717) is 5.41 Å². The molecule has 18 heavy (non-hydrogen) atoms. The summed E-state index contributed by atoms with van der Waals surface area (Å²) in [7, 11) is 6.83. The Labute approximate surface area is 114 Å². The number of piperazine rings is 1. The molecule has 1 heterocycles. The van der Waals surface area contributed by atoms with Gasteiger partial charge in [0.1, 0.15) is 0 Å². The largest absolute Gasteiger partial charge is 0.330 e. The fraction of sp³-hybridized carbons (Fsp3) is 1.00. The van der Waals surface area contributed by atoms with E-state index in [1.807, 2.05) is 0 Å². The first-order valence-electron chi connectivity index (χ1n) is 7.41. The van der Waals surface area contributed by atoms with Gasteiger partial charge in [0.2, 0.25) is 0 Å². The first kappa shape index (κ1) is 15.9. The molecule has 0 aromatic heterocycles. The fourth-order valence-electron chi connectivity index (χ4n) is 2.17. The van der Waals surface area contributed by atoms with Gasteiger partial charge in [-0.25, -0.2) is 0 Å². The van der Waals surface area contributed by atoms with Crippen LogP contribution in [0.5, 0.6) is 0 Å². The number of quaternary nitrogens is 1. The van der Waals surface area contributed by atoms with Gasteiger partial charge in [-0.05, 0) is 18.4 Å². The Morgan fingerprint density at radius 2 is 1.28 bits per heavy atom. The summed E-state index contributed by atoms with van der Waals surface area (Å²) in [5.41, 5.74) is 0.473. The highest BCUT2D eigenvalue weighted by Crippen LogP contribution is 2.19. The molecule has 108 valence electrons. The molecule has 3 nitrogen and oxygen atoms in total. The molecule has 0 spiro atoms. The molecule has 1 saturated heterocycles. The average Bonchev–Trinajstić information content (AvgIpc) is 2.23. The van der Waals surface area contributed by atoms with Gasteiger partial charge in [-0.15, -0.1) is 0 Å². The standard InChI is InChI=1S/C15H34N3/c1-15(2,3)7-8-16-9-11-17(12-10-16)13-14-18(4,5)6/h7-14H2,1-6H3/q+1. The second kappa shape index (κ2) is 6.36. The Hall–Kier alpha value is -0.120. The van der Waals surface area contributed by atoms with Gasteiger partial charge in [0.05, 0.1) is 27.7 Å². The number of nitrogens with zero attached hydrogens (tertiary/aromatic N) is 3. The molecule has 0 saturated carbocycles. The lowest BCUT2D eigenvalue weighted by Crippen LogP contribution is -2.50. The van der Waals surface area contributed by atoms with Crippen LogP contribution in [-0.2, 0) is 0 Å². The summed E-state index contributed by atoms with van der Waals surface area (Å²) < 4.78 is 1.07. The molecular formula is C15H34N3+. The van der Waals surface area contributed by atoms with Crippen molar-refractivity contribution >= 4 is 0 Å². The second-order valence-electron chi connectivity index (χ2n) is 8.01. The van der Waals surface area contributed by atoms with Crippen LogP contribution in [-0.4, -0.2) is 81.2 Å². The lowest BCUT2D eigenvalue weighted by molar-refractivity contribution is -0.869. The van der Waals surface area contributed by atoms with Crippen molar-refractivity contribution in [3.63, 3.8) is 0 Å². The summed E-state index contributed by atoms with van der Waals surface area (Å²) in [5, 5.41) is 0. The molecule has 0 aromatic rings. The van der Waals surface area contributed by atoms with Gasteiger partial charge >= 0.3 is 0 Å². The molecule has 0 N–H and O–H groups in total. The predicted molar refractivity (Wildman–Crippen MR) is 79.9 cm³/mol. The highest BCUT2D eigenvalue weighted by atomic mass is 15.3. The maximum Gasteiger partial charge on any atom is 0.0909 e. The van der Waals surface area contributed by atoms with E-state index < -0.39 is 0 Å². The summed E-state index contributed by atoms with van der Waals surface area (Å²) in [6, 6.07) is 0. The van der Waals surface area contributed by atoms with Crippen molar-refractivity contribution in [3.8, 4) is 0 Å². The van der Waals surface area contributed by atoms with Crippen LogP contribution in [0, 0.1) is 5.41 Å². The van der Waals surface area contributed by atoms with Crippen LogP contribution < -0.4 is 0 Å². The zero-order valence-electron chi connectivity index (χ0n) is 13.5. The third-order valence-electron chi connectivity index (χ3n) is 3.73. The van der Waals surface area contributed by atoms with Crippen molar-refractivity contribution < 1.29 is 4.48 Å². The first-order chi connectivity index (χ1) is 8.16. The lowest BCUT2D eigenvalue weighted by Gasteiger charge is -2.37. The van der Waals surface area contributed by atoms with Gasteiger partial charge in [0.25, 0.3) is 0 Å². The minimum absolute atomic E-state index is 0.473. The number of hydrogen-bond donors (Lipinski definition) is 0. The molecule has 0 unspecified atom stereocenters. The molecule has 0 aliphatic carbocycles. The quantitative estimate of drug-likeness (QED) is 0.692. The molecule has 3 heteroatoms. The van der Waals surface area contributed by atoms with Gasteiger partial charge in [-0.3, -0.25) is 4.90 Å². The highest BCUT2D eigenvalue weighted by molar-refractivity contribution is 4.73. The van der Waals surface area contributed by atoms with E-state index in [-0.39, 0.29) is 0 Å². The molecular weight excluding hydrogens is 222 g/mol. The predicted octanol–water partition coefficient (Wildman–Crippen LogP) is 1.75. The van der Waals surface area contributed by atoms with Crippen LogP contribution in [0.2, 0.25) is 0 Å². The molecule has 1 aliphatic rings. The van der Waals surface area contributed by atoms with Crippen LogP contribution >= 0.6 is 0 Å². The Morgan fingerprint density at radius 3 is 1.67 bits per heavy atom. The van der Waals surface area contributed by atoms with E-state index in [1.165, 1.54) is 52.2 Å². The Morgan fingerprint density at radius 1 is 0.833 bits per heavy atom. The zero-order valence-corrected chi connectivity index (χ0v) is 13.5. The summed E-state index contributed by atoms with van der Waals surface area (Å²) in [6.07, 6.45) is 1.31. The highest BCUT2D eigenvalue weighted by Gasteiger charge is 2.20. The van der Waals surface area contributed by atoms with E-state index in [1.54, 1.807) is 0 Å². The van der Waals surface area contributed by atoms with Gasteiger partial charge in [-0.2, -0.15) is 0 Å². The summed E-state index contributed by atoms with van der Waals surface area (Å²) in [4.78, 5) is 5.25. The maximum absolute atomic E-state index is 2.63. The third kappa shape index (κ3) is 7.34. The minimum atomic E-state index is 0.473. The minimum Gasteiger partial charge on any atom is -0.330 e. The Kier molecular flexibility index (Phi) is 5.63. The summed E-state index contributed by atoms with van der Waals surface area (Å²) in [6.45, 7) is 15.8. The number of likely N-dealkylation sites (N-methyl/N-ethyl adjacent to an activating group) is 1. The van der Waals surface area contributed by atoms with Crippen molar-refractivity contribution in [2.45, 2.75) is 27.2 Å². The Balaban J connectivity index is 2.17. The molecule has 0 amide bonds. The zero-order chi connectivity index (χ0) is 13.8. The molecule has 0 bridgehead atoms. The van der Waals surface area contributed by atoms with Gasteiger partial charge < -0.3 is 9.38 Å². The van der Waals surface area contributed by atoms with Gasteiger partial charge in [0.15, 0.2) is 0 Å². The molecule has 0 atom stereocenters. The number of hydrogen-bond acceptors (Lipinski definition) is 2. The van der Waals surface area contributed by atoms with Gasteiger partial charge in [0, 0.05) is 32.7 Å². The monoisotopic (exact) mass is 256 g/mol. The van der Waals surface area contributed by atoms with Crippen LogP contribution in [0.4, 0.5) is 0 Å². The van der Waals surface area contributed by atoms with Crippen molar-refractivity contribution in [2.75, 3.05) is 67.0 Å². The van der Waals surface area contributed by atoms with Crippen molar-refractivity contribution in [2.24, 2.45) is 5.41 Å². The SMILES string of the molecule is CC(C)(C)CCN1CCN(CC[N+](C)(C)C)CC1. The molecule has 1 fully saturated rings. The van der Waals surface area contributed by atoms with E-state index in [9.17, 15) is 0 Å². The van der Waals surface area contributed by atoms with E-state index >= 15 is 0 Å². The van der Waals surface area contributed by atoms with Crippen LogP contribution in [0.15, 0.2) is 0 Å². The van der Waals surface area contributed by atoms with E-state index in [0.717, 1.165) is 4.48 Å². The molecule has 0 radical (unpaired) electrons. The topological polar surface area (TPSA) is 6.48 Å². The van der Waals surface area contributed by atoms with Crippen LogP contribution in [0.25, 0.3) is 0 Å². The normalized spacial score (nSPS) is 20.3. The number of rotatable bonds is 5. The van der Waals surface area contributed by atoms with Gasteiger partial charge in [-0.1, -0.05) is 20.8 Å². The van der Waals surface area contributed by atoms with Crippen LogP contribution in [0.3, 0.4) is 0 Å². The van der Waals surface area contributed by atoms with Crippen molar-refractivity contribution in [1.29, 1.82) is 0 Å². The summed E-state index contributed by atoms with van der Waals surface area (Å²) in [5.74, 6) is 0. The van der Waals surface area contributed by atoms with Crippen molar-refractivity contribution in [1.82, 2.24) is 9.80 Å². The second-order valence-corrected chi connectivity index (χ2v) is 8.01. The van der Waals surface area contributed by atoms with E-state index in [2.05, 4.69) is 51.7 Å². The Bertz CT molecular complexity index is 203. The molecule has 1 rings (SSSR count).